The lowest BCUT2D eigenvalue weighted by Crippen LogP contribution is -2.21. The van der Waals surface area contributed by atoms with Crippen molar-refractivity contribution >= 4 is 44.1 Å². The Morgan fingerprint density at radius 3 is 1.96 bits per heavy atom. The zero-order valence-corrected chi connectivity index (χ0v) is 25.6. The number of carboxylic acids is 2. The first-order chi connectivity index (χ1) is 22.5. The van der Waals surface area contributed by atoms with Gasteiger partial charge in [-0.3, -0.25) is 5.41 Å². The molecule has 0 atom stereocenters. The Morgan fingerprint density at radius 1 is 0.792 bits per heavy atom. The van der Waals surface area contributed by atoms with E-state index in [-0.39, 0.29) is 32.6 Å². The molecule has 0 bridgehead atoms. The van der Waals surface area contributed by atoms with Gasteiger partial charge in [0, 0.05) is 16.7 Å². The molecule has 0 fully saturated rings. The number of aromatic carboxylic acids is 1. The van der Waals surface area contributed by atoms with Crippen LogP contribution in [0.5, 0.6) is 17.2 Å². The summed E-state index contributed by atoms with van der Waals surface area (Å²) >= 11 is 0. The molecule has 248 valence electrons. The highest BCUT2D eigenvalue weighted by atomic mass is 32.2. The van der Waals surface area contributed by atoms with Crippen molar-refractivity contribution in [2.75, 3.05) is 12.8 Å². The minimum absolute atomic E-state index is 0.0274. The number of nitrogen functional groups attached to an aromatic ring is 2. The third-order valence-electron chi connectivity index (χ3n) is 6.85. The Hall–Kier alpha value is -6.09. The summed E-state index contributed by atoms with van der Waals surface area (Å²) in [5, 5.41) is 26.1. The topological polar surface area (TPSA) is 203 Å². The quantitative estimate of drug-likeness (QED) is 0.0699. The van der Waals surface area contributed by atoms with Crippen LogP contribution in [0.3, 0.4) is 0 Å². The van der Waals surface area contributed by atoms with E-state index in [0.717, 1.165) is 10.8 Å². The van der Waals surface area contributed by atoms with Crippen LogP contribution in [0, 0.1) is 5.41 Å². The maximum absolute atomic E-state index is 13.5. The van der Waals surface area contributed by atoms with Crippen LogP contribution >= 0.6 is 0 Å². The summed E-state index contributed by atoms with van der Waals surface area (Å²) in [6.07, 6.45) is -5.08. The van der Waals surface area contributed by atoms with Crippen LogP contribution in [0.4, 0.5) is 18.9 Å². The number of methoxy groups -OCH3 is 1. The number of para-hydroxylation sites is 1. The monoisotopic (exact) mass is 681 g/mol. The highest BCUT2D eigenvalue weighted by molar-refractivity contribution is 7.91. The van der Waals surface area contributed by atoms with Crippen molar-refractivity contribution in [3.05, 3.63) is 108 Å². The number of hydrogen-bond donors (Lipinski definition) is 5. The largest absolute Gasteiger partial charge is 0.497 e. The van der Waals surface area contributed by atoms with Crippen LogP contribution < -0.4 is 20.9 Å². The van der Waals surface area contributed by atoms with Crippen molar-refractivity contribution in [1.29, 1.82) is 5.41 Å². The molecule has 0 spiro atoms. The number of carboxylic acid groups (broad SMARTS) is 2. The number of alkyl halides is 3. The number of carbonyl (C=O) groups is 2. The number of aliphatic carboxylic acids is 1. The van der Waals surface area contributed by atoms with E-state index >= 15 is 0 Å². The summed E-state index contributed by atoms with van der Waals surface area (Å²) in [7, 11) is -2.47. The number of ether oxygens (including phenoxy) is 2. The standard InChI is InChI=1S/C31H25N3O6S.C2HF3O2/c1-39-21-9-11-23(12-10-21)41(37,38)24-13-14-28(27(17-24)25-3-2-4-26(29(25)32)31(35)36)40-22-8-7-18-15-20(30(33)34)6-5-19(18)16-22;3-2(4,5)1(6)7/h2-17H,32H2,1H3,(H3,33,34)(H,35,36);(H,6,7). The van der Waals surface area contributed by atoms with Crippen LogP contribution in [0.1, 0.15) is 15.9 Å². The molecule has 0 heterocycles. The summed E-state index contributed by atoms with van der Waals surface area (Å²) in [6, 6.07) is 25.6. The van der Waals surface area contributed by atoms with E-state index in [1.54, 1.807) is 42.5 Å². The molecular formula is C33H26F3N3O8S. The number of rotatable bonds is 8. The summed E-state index contributed by atoms with van der Waals surface area (Å²) in [4.78, 5) is 20.7. The molecule has 0 amide bonds. The van der Waals surface area contributed by atoms with E-state index < -0.39 is 28.0 Å². The highest BCUT2D eigenvalue weighted by Crippen LogP contribution is 2.40. The molecule has 0 aliphatic heterocycles. The first-order valence-electron chi connectivity index (χ1n) is 13.5. The van der Waals surface area contributed by atoms with E-state index in [0.29, 0.717) is 28.2 Å². The molecule has 7 N–H and O–H groups in total. The first kappa shape index (κ1) is 34.8. The number of amidine groups is 1. The third kappa shape index (κ3) is 7.64. The molecule has 11 nitrogen and oxygen atoms in total. The molecule has 0 saturated heterocycles. The average Bonchev–Trinajstić information content (AvgIpc) is 3.04. The van der Waals surface area contributed by atoms with Gasteiger partial charge in [0.15, 0.2) is 0 Å². The molecule has 0 aliphatic rings. The van der Waals surface area contributed by atoms with Gasteiger partial charge in [-0.25, -0.2) is 18.0 Å². The smallest absolute Gasteiger partial charge is 0.490 e. The first-order valence-corrected chi connectivity index (χ1v) is 15.0. The minimum Gasteiger partial charge on any atom is -0.497 e. The molecule has 48 heavy (non-hydrogen) atoms. The fourth-order valence-electron chi connectivity index (χ4n) is 4.44. The molecule has 5 aromatic rings. The normalized spacial score (nSPS) is 11.2. The zero-order chi connectivity index (χ0) is 35.4. The van der Waals surface area contributed by atoms with Gasteiger partial charge in [-0.2, -0.15) is 13.2 Å². The molecule has 0 aromatic heterocycles. The van der Waals surface area contributed by atoms with Gasteiger partial charge < -0.3 is 31.2 Å². The Morgan fingerprint density at radius 2 is 1.38 bits per heavy atom. The van der Waals surface area contributed by atoms with Gasteiger partial charge in [0.1, 0.15) is 23.1 Å². The molecule has 5 rings (SSSR count). The fourth-order valence-corrected chi connectivity index (χ4v) is 5.72. The van der Waals surface area contributed by atoms with E-state index in [2.05, 4.69) is 0 Å². The van der Waals surface area contributed by atoms with Crippen LogP contribution in [-0.4, -0.2) is 49.7 Å². The number of nitrogens with two attached hydrogens (primary N) is 2. The minimum atomic E-state index is -5.08. The lowest BCUT2D eigenvalue weighted by molar-refractivity contribution is -0.192. The summed E-state index contributed by atoms with van der Waals surface area (Å²) in [5.74, 6) is -2.77. The van der Waals surface area contributed by atoms with Crippen molar-refractivity contribution in [3.8, 4) is 28.4 Å². The third-order valence-corrected chi connectivity index (χ3v) is 8.62. The number of anilines is 1. The molecule has 0 radical (unpaired) electrons. The van der Waals surface area contributed by atoms with Crippen molar-refractivity contribution < 1.29 is 50.9 Å². The van der Waals surface area contributed by atoms with Gasteiger partial charge in [0.2, 0.25) is 9.84 Å². The van der Waals surface area contributed by atoms with E-state index in [1.165, 1.54) is 49.6 Å². The molecule has 15 heteroatoms. The maximum Gasteiger partial charge on any atom is 0.490 e. The molecule has 0 aliphatic carbocycles. The number of benzene rings is 5. The predicted octanol–water partition coefficient (Wildman–Crippen LogP) is 6.34. The Kier molecular flexibility index (Phi) is 9.94. The van der Waals surface area contributed by atoms with Crippen LogP contribution in [0.25, 0.3) is 21.9 Å². The number of hydrogen-bond acceptors (Lipinski definition) is 8. The second-order valence-electron chi connectivity index (χ2n) is 9.95. The van der Waals surface area contributed by atoms with Crippen LogP contribution in [-0.2, 0) is 14.6 Å². The lowest BCUT2D eigenvalue weighted by atomic mass is 9.99. The number of halogens is 3. The second-order valence-corrected chi connectivity index (χ2v) is 11.9. The van der Waals surface area contributed by atoms with Gasteiger partial charge in [0.25, 0.3) is 0 Å². The SMILES string of the molecule is COc1ccc(S(=O)(=O)c2ccc(Oc3ccc4cc(C(=N)N)ccc4c3)c(-c3cccc(C(=O)O)c3N)c2)cc1.O=C(O)C(F)(F)F. The Balaban J connectivity index is 0.000000671. The lowest BCUT2D eigenvalue weighted by Gasteiger charge is -2.16. The molecule has 0 unspecified atom stereocenters. The predicted molar refractivity (Wildman–Crippen MR) is 170 cm³/mol. The number of fused-ring (bicyclic) bond motifs is 1. The van der Waals surface area contributed by atoms with Gasteiger partial charge in [-0.05, 0) is 77.5 Å². The van der Waals surface area contributed by atoms with Crippen molar-refractivity contribution in [3.63, 3.8) is 0 Å². The van der Waals surface area contributed by atoms with Gasteiger partial charge in [-0.15, -0.1) is 0 Å². The summed E-state index contributed by atoms with van der Waals surface area (Å²) < 4.78 is 70.2. The van der Waals surface area contributed by atoms with Gasteiger partial charge >= 0.3 is 18.1 Å². The average molecular weight is 682 g/mol. The van der Waals surface area contributed by atoms with E-state index in [1.807, 2.05) is 12.1 Å². The van der Waals surface area contributed by atoms with Crippen LogP contribution in [0.2, 0.25) is 0 Å². The zero-order valence-electron chi connectivity index (χ0n) is 24.8. The Labute approximate surface area is 271 Å². The van der Waals surface area contributed by atoms with Crippen molar-refractivity contribution in [1.82, 2.24) is 0 Å². The summed E-state index contributed by atoms with van der Waals surface area (Å²) in [5.41, 5.74) is 12.9. The summed E-state index contributed by atoms with van der Waals surface area (Å²) in [6.45, 7) is 0. The molecule has 5 aromatic carbocycles. The molecule has 0 saturated carbocycles. The van der Waals surface area contributed by atoms with Crippen LogP contribution in [0.15, 0.2) is 107 Å². The Bertz CT molecular complexity index is 2150. The van der Waals surface area contributed by atoms with Crippen molar-refractivity contribution in [2.45, 2.75) is 16.0 Å². The van der Waals surface area contributed by atoms with Gasteiger partial charge in [0.05, 0.1) is 28.2 Å². The molecular weight excluding hydrogens is 655 g/mol. The van der Waals surface area contributed by atoms with E-state index in [4.69, 9.17) is 36.3 Å². The number of nitrogens with one attached hydrogen (secondary N) is 1. The number of sulfone groups is 1. The maximum atomic E-state index is 13.5. The van der Waals surface area contributed by atoms with Gasteiger partial charge in [-0.1, -0.05) is 30.3 Å². The fraction of sp³-hybridized carbons (Fsp3) is 0.0606. The van der Waals surface area contributed by atoms with E-state index in [9.17, 15) is 31.5 Å². The highest BCUT2D eigenvalue weighted by Gasteiger charge is 2.38. The second kappa shape index (κ2) is 13.7. The van der Waals surface area contributed by atoms with Crippen molar-refractivity contribution in [2.24, 2.45) is 5.73 Å².